The van der Waals surface area contributed by atoms with E-state index in [1.807, 2.05) is 35.2 Å². The fourth-order valence-corrected chi connectivity index (χ4v) is 3.13. The quantitative estimate of drug-likeness (QED) is 0.855. The molecule has 1 aliphatic rings. The van der Waals surface area contributed by atoms with E-state index in [0.29, 0.717) is 13.1 Å². The highest BCUT2D eigenvalue weighted by molar-refractivity contribution is 5.85. The standard InChI is InChI=1S/C17H24F3N3O.ClH/c1-12(2)23(11-17(18,19)20)16(24)10-22-8-14(15(21)9-22)13-6-4-3-5-7-13;/h3-7,12,14-15H,8-11,21H2,1-2H3;1H/t14-,15+;/m0./s1. The Labute approximate surface area is 152 Å². The number of hydrogen-bond donors (Lipinski definition) is 1. The zero-order valence-corrected chi connectivity index (χ0v) is 15.2. The highest BCUT2D eigenvalue weighted by Crippen LogP contribution is 2.26. The molecule has 0 unspecified atom stereocenters. The predicted molar refractivity (Wildman–Crippen MR) is 93.8 cm³/mol. The largest absolute Gasteiger partial charge is 0.406 e. The molecule has 0 bridgehead atoms. The number of benzene rings is 1. The monoisotopic (exact) mass is 379 g/mol. The van der Waals surface area contributed by atoms with Crippen LogP contribution in [0.3, 0.4) is 0 Å². The third-order valence-electron chi connectivity index (χ3n) is 4.32. The first-order chi connectivity index (χ1) is 11.2. The lowest BCUT2D eigenvalue weighted by Crippen LogP contribution is -2.47. The van der Waals surface area contributed by atoms with E-state index in [1.165, 1.54) is 0 Å². The van der Waals surface area contributed by atoms with E-state index >= 15 is 0 Å². The molecule has 2 rings (SSSR count). The summed E-state index contributed by atoms with van der Waals surface area (Å²) in [4.78, 5) is 15.0. The number of carbonyl (C=O) groups is 1. The molecule has 0 spiro atoms. The van der Waals surface area contributed by atoms with Gasteiger partial charge in [-0.05, 0) is 19.4 Å². The predicted octanol–water partition coefficient (Wildman–Crippen LogP) is 2.63. The Morgan fingerprint density at radius 1 is 1.28 bits per heavy atom. The van der Waals surface area contributed by atoms with Crippen molar-refractivity contribution in [3.63, 3.8) is 0 Å². The Kier molecular flexibility index (Phi) is 7.71. The number of alkyl halides is 3. The molecular formula is C17H25ClF3N3O. The summed E-state index contributed by atoms with van der Waals surface area (Å²) in [6, 6.07) is 9.12. The second-order valence-electron chi connectivity index (χ2n) is 6.61. The van der Waals surface area contributed by atoms with Gasteiger partial charge in [-0.1, -0.05) is 30.3 Å². The van der Waals surface area contributed by atoms with Crippen LogP contribution in [0.4, 0.5) is 13.2 Å². The van der Waals surface area contributed by atoms with Crippen LogP contribution in [-0.2, 0) is 4.79 Å². The highest BCUT2D eigenvalue weighted by Gasteiger charge is 2.37. The molecule has 2 N–H and O–H groups in total. The van der Waals surface area contributed by atoms with Gasteiger partial charge >= 0.3 is 6.18 Å². The van der Waals surface area contributed by atoms with Crippen molar-refractivity contribution in [2.24, 2.45) is 5.73 Å². The van der Waals surface area contributed by atoms with E-state index in [0.717, 1.165) is 10.5 Å². The molecule has 1 aliphatic heterocycles. The molecule has 4 nitrogen and oxygen atoms in total. The van der Waals surface area contributed by atoms with Gasteiger partial charge in [0.1, 0.15) is 6.54 Å². The maximum absolute atomic E-state index is 12.7. The number of rotatable bonds is 5. The number of amides is 1. The van der Waals surface area contributed by atoms with Gasteiger partial charge in [-0.15, -0.1) is 12.4 Å². The van der Waals surface area contributed by atoms with Crippen LogP contribution >= 0.6 is 12.4 Å². The van der Waals surface area contributed by atoms with Crippen LogP contribution in [0.25, 0.3) is 0 Å². The summed E-state index contributed by atoms with van der Waals surface area (Å²) < 4.78 is 38.0. The number of nitrogens with zero attached hydrogens (tertiary/aromatic N) is 2. The summed E-state index contributed by atoms with van der Waals surface area (Å²) in [5.74, 6) is -0.419. The van der Waals surface area contributed by atoms with Crippen molar-refractivity contribution in [1.82, 2.24) is 9.80 Å². The average molecular weight is 380 g/mol. The summed E-state index contributed by atoms with van der Waals surface area (Å²) >= 11 is 0. The second-order valence-corrected chi connectivity index (χ2v) is 6.61. The van der Waals surface area contributed by atoms with Gasteiger partial charge in [0.2, 0.25) is 5.91 Å². The average Bonchev–Trinajstić information content (AvgIpc) is 2.85. The number of halogens is 4. The maximum Gasteiger partial charge on any atom is 0.406 e. The molecule has 2 atom stereocenters. The van der Waals surface area contributed by atoms with Crippen LogP contribution in [0.5, 0.6) is 0 Å². The van der Waals surface area contributed by atoms with Crippen molar-refractivity contribution in [3.8, 4) is 0 Å². The zero-order valence-electron chi connectivity index (χ0n) is 14.4. The molecule has 0 radical (unpaired) electrons. The number of nitrogens with two attached hydrogens (primary N) is 1. The van der Waals surface area contributed by atoms with E-state index in [4.69, 9.17) is 5.73 Å². The first kappa shape index (κ1) is 21.7. The van der Waals surface area contributed by atoms with Gasteiger partial charge in [0.25, 0.3) is 0 Å². The Bertz CT molecular complexity index is 554. The van der Waals surface area contributed by atoms with Crippen LogP contribution in [0, 0.1) is 0 Å². The fraction of sp³-hybridized carbons (Fsp3) is 0.588. The smallest absolute Gasteiger partial charge is 0.330 e. The molecule has 0 aliphatic carbocycles. The molecule has 0 saturated carbocycles. The minimum Gasteiger partial charge on any atom is -0.330 e. The Morgan fingerprint density at radius 3 is 2.40 bits per heavy atom. The maximum atomic E-state index is 12.7. The molecule has 1 aromatic rings. The number of carbonyl (C=O) groups excluding carboxylic acids is 1. The van der Waals surface area contributed by atoms with Crippen molar-refractivity contribution in [3.05, 3.63) is 35.9 Å². The van der Waals surface area contributed by atoms with Gasteiger partial charge in [-0.25, -0.2) is 0 Å². The molecular weight excluding hydrogens is 355 g/mol. The van der Waals surface area contributed by atoms with Crippen LogP contribution in [0.15, 0.2) is 30.3 Å². The first-order valence-electron chi connectivity index (χ1n) is 8.06. The fourth-order valence-electron chi connectivity index (χ4n) is 3.13. The van der Waals surface area contributed by atoms with Crippen molar-refractivity contribution in [2.75, 3.05) is 26.2 Å². The Morgan fingerprint density at radius 2 is 1.88 bits per heavy atom. The van der Waals surface area contributed by atoms with Gasteiger partial charge in [-0.3, -0.25) is 9.69 Å². The van der Waals surface area contributed by atoms with E-state index in [-0.39, 0.29) is 30.9 Å². The normalized spacial score (nSPS) is 21.2. The van der Waals surface area contributed by atoms with Crippen molar-refractivity contribution >= 4 is 18.3 Å². The number of hydrogen-bond acceptors (Lipinski definition) is 3. The lowest BCUT2D eigenvalue weighted by Gasteiger charge is -2.29. The van der Waals surface area contributed by atoms with Crippen molar-refractivity contribution in [2.45, 2.75) is 38.0 Å². The Hall–Kier alpha value is -1.31. The molecule has 1 amide bonds. The first-order valence-corrected chi connectivity index (χ1v) is 8.06. The second kappa shape index (κ2) is 8.87. The van der Waals surface area contributed by atoms with Gasteiger partial charge in [0.05, 0.1) is 6.54 Å². The van der Waals surface area contributed by atoms with Gasteiger partial charge in [0.15, 0.2) is 0 Å². The minimum absolute atomic E-state index is 0. The molecule has 142 valence electrons. The molecule has 1 aromatic carbocycles. The lowest BCUT2D eigenvalue weighted by atomic mass is 9.95. The molecule has 8 heteroatoms. The molecule has 0 aromatic heterocycles. The topological polar surface area (TPSA) is 49.6 Å². The number of likely N-dealkylation sites (tertiary alicyclic amines) is 1. The molecule has 1 saturated heterocycles. The summed E-state index contributed by atoms with van der Waals surface area (Å²) in [7, 11) is 0. The van der Waals surface area contributed by atoms with Crippen LogP contribution in [0.1, 0.15) is 25.3 Å². The van der Waals surface area contributed by atoms with Crippen LogP contribution in [0.2, 0.25) is 0 Å². The van der Waals surface area contributed by atoms with Crippen LogP contribution < -0.4 is 5.73 Å². The third kappa shape index (κ3) is 6.17. The van der Waals surface area contributed by atoms with Crippen LogP contribution in [-0.4, -0.2) is 60.1 Å². The molecule has 1 fully saturated rings. The zero-order chi connectivity index (χ0) is 17.9. The summed E-state index contributed by atoms with van der Waals surface area (Å²) in [5, 5.41) is 0. The van der Waals surface area contributed by atoms with Gasteiger partial charge in [0, 0.05) is 31.1 Å². The van der Waals surface area contributed by atoms with E-state index in [1.54, 1.807) is 13.8 Å². The minimum atomic E-state index is -4.39. The SMILES string of the molecule is CC(C)N(CC(F)(F)F)C(=O)CN1C[C@@H](N)[C@H](c2ccccc2)C1.Cl. The third-order valence-corrected chi connectivity index (χ3v) is 4.32. The van der Waals surface area contributed by atoms with Gasteiger partial charge < -0.3 is 10.6 Å². The van der Waals surface area contributed by atoms with E-state index in [2.05, 4.69) is 0 Å². The lowest BCUT2D eigenvalue weighted by molar-refractivity contribution is -0.165. The van der Waals surface area contributed by atoms with Crippen molar-refractivity contribution < 1.29 is 18.0 Å². The summed E-state index contributed by atoms with van der Waals surface area (Å²) in [5.41, 5.74) is 7.26. The molecule has 25 heavy (non-hydrogen) atoms. The van der Waals surface area contributed by atoms with Gasteiger partial charge in [-0.2, -0.15) is 13.2 Å². The van der Waals surface area contributed by atoms with E-state index in [9.17, 15) is 18.0 Å². The summed E-state index contributed by atoms with van der Waals surface area (Å²) in [6.07, 6.45) is -4.39. The van der Waals surface area contributed by atoms with E-state index < -0.39 is 24.7 Å². The highest BCUT2D eigenvalue weighted by atomic mass is 35.5. The van der Waals surface area contributed by atoms with Crippen molar-refractivity contribution in [1.29, 1.82) is 0 Å². The molecule has 1 heterocycles. The Balaban J connectivity index is 0.00000312. The summed E-state index contributed by atoms with van der Waals surface area (Å²) in [6.45, 7) is 3.01.